The van der Waals surface area contributed by atoms with Crippen LogP contribution in [0.25, 0.3) is 0 Å². The first kappa shape index (κ1) is 16.9. The van der Waals surface area contributed by atoms with Crippen LogP contribution in [0.1, 0.15) is 22.2 Å². The van der Waals surface area contributed by atoms with Gasteiger partial charge in [-0.25, -0.2) is 0 Å². The minimum absolute atomic E-state index is 0.0228. The predicted octanol–water partition coefficient (Wildman–Crippen LogP) is 2.26. The van der Waals surface area contributed by atoms with Crippen molar-refractivity contribution in [2.75, 3.05) is 27.2 Å². The second-order valence-electron chi connectivity index (χ2n) is 5.35. The van der Waals surface area contributed by atoms with Gasteiger partial charge in [-0.05, 0) is 38.4 Å². The third-order valence-corrected chi connectivity index (χ3v) is 3.52. The number of nitro benzene ring substituents is 1. The molecule has 0 aliphatic rings. The van der Waals surface area contributed by atoms with Crippen LogP contribution in [0.15, 0.2) is 47.1 Å². The number of carbonyl (C=O) groups excluding carboxylic acids is 1. The van der Waals surface area contributed by atoms with E-state index in [1.807, 2.05) is 31.1 Å². The van der Waals surface area contributed by atoms with Gasteiger partial charge in [-0.15, -0.1) is 0 Å². The summed E-state index contributed by atoms with van der Waals surface area (Å²) in [6.45, 7) is 0.710. The van der Waals surface area contributed by atoms with Crippen molar-refractivity contribution in [3.63, 3.8) is 0 Å². The zero-order valence-electron chi connectivity index (χ0n) is 13.1. The van der Waals surface area contributed by atoms with Gasteiger partial charge >= 0.3 is 0 Å². The van der Waals surface area contributed by atoms with E-state index in [0.717, 1.165) is 5.76 Å². The van der Waals surface area contributed by atoms with Gasteiger partial charge in [-0.1, -0.05) is 0 Å². The fourth-order valence-electron chi connectivity index (χ4n) is 2.21. The lowest BCUT2D eigenvalue weighted by atomic mass is 10.1. The highest BCUT2D eigenvalue weighted by molar-refractivity contribution is 5.97. The summed E-state index contributed by atoms with van der Waals surface area (Å²) >= 11 is 0. The number of hydrogen-bond donors (Lipinski definition) is 1. The highest BCUT2D eigenvalue weighted by atomic mass is 16.6. The lowest BCUT2D eigenvalue weighted by molar-refractivity contribution is -0.384. The molecule has 7 nitrogen and oxygen atoms in total. The quantitative estimate of drug-likeness (QED) is 0.456. The summed E-state index contributed by atoms with van der Waals surface area (Å²) in [5, 5.41) is 13.7. The summed E-state index contributed by atoms with van der Waals surface area (Å²) in [7, 11) is 3.88. The molecule has 1 atom stereocenters. The van der Waals surface area contributed by atoms with Crippen LogP contribution in [-0.4, -0.2) is 42.8 Å². The van der Waals surface area contributed by atoms with Crippen LogP contribution in [0.3, 0.4) is 0 Å². The fourth-order valence-corrected chi connectivity index (χ4v) is 2.21. The molecule has 2 rings (SSSR count). The molecule has 0 fully saturated rings. The van der Waals surface area contributed by atoms with Crippen LogP contribution in [0.4, 0.5) is 5.69 Å². The van der Waals surface area contributed by atoms with E-state index in [2.05, 4.69) is 5.32 Å². The minimum atomic E-state index is -0.489. The molecule has 0 spiro atoms. The highest BCUT2D eigenvalue weighted by Crippen LogP contribution is 2.17. The van der Waals surface area contributed by atoms with E-state index in [1.165, 1.54) is 24.3 Å². The predicted molar refractivity (Wildman–Crippen MR) is 85.4 cm³/mol. The first-order valence-electron chi connectivity index (χ1n) is 7.17. The summed E-state index contributed by atoms with van der Waals surface area (Å²) in [6, 6.07) is 9.35. The first-order valence-corrected chi connectivity index (χ1v) is 7.17. The Morgan fingerprint density at radius 2 is 2.00 bits per heavy atom. The number of nitro groups is 1. The van der Waals surface area contributed by atoms with Gasteiger partial charge in [0, 0.05) is 24.2 Å². The van der Waals surface area contributed by atoms with Crippen molar-refractivity contribution in [1.82, 2.24) is 10.2 Å². The number of benzene rings is 1. The molecular weight excluding hydrogens is 298 g/mol. The molecule has 0 saturated carbocycles. The van der Waals surface area contributed by atoms with Gasteiger partial charge in [0.05, 0.1) is 23.8 Å². The Balaban J connectivity index is 1.89. The number of carbonyl (C=O) groups is 1. The van der Waals surface area contributed by atoms with Gasteiger partial charge in [0.15, 0.2) is 5.78 Å². The van der Waals surface area contributed by atoms with Crippen LogP contribution in [0, 0.1) is 10.1 Å². The molecule has 1 unspecified atom stereocenters. The molecule has 0 radical (unpaired) electrons. The molecule has 7 heteroatoms. The zero-order chi connectivity index (χ0) is 16.8. The third-order valence-electron chi connectivity index (χ3n) is 3.52. The Labute approximate surface area is 134 Å². The second kappa shape index (κ2) is 7.66. The third kappa shape index (κ3) is 4.48. The van der Waals surface area contributed by atoms with Crippen LogP contribution in [0.5, 0.6) is 0 Å². The standard InChI is InChI=1S/C16H19N3O4/c1-18(2)14(16-4-3-9-23-16)10-17-11-15(20)12-5-7-13(8-6-12)19(21)22/h3-9,14,17H,10-11H2,1-2H3. The summed E-state index contributed by atoms with van der Waals surface area (Å²) in [5.74, 6) is 0.710. The van der Waals surface area contributed by atoms with E-state index in [-0.39, 0.29) is 24.1 Å². The average molecular weight is 317 g/mol. The number of furan rings is 1. The molecule has 0 aliphatic heterocycles. The molecule has 122 valence electrons. The van der Waals surface area contributed by atoms with E-state index < -0.39 is 4.92 Å². The number of rotatable bonds is 8. The fraction of sp³-hybridized carbons (Fsp3) is 0.312. The van der Waals surface area contributed by atoms with E-state index in [4.69, 9.17) is 4.42 Å². The Hall–Kier alpha value is -2.51. The second-order valence-corrected chi connectivity index (χ2v) is 5.35. The Bertz CT molecular complexity index is 650. The number of non-ortho nitro benzene ring substituents is 1. The van der Waals surface area contributed by atoms with E-state index in [0.29, 0.717) is 12.1 Å². The maximum atomic E-state index is 12.1. The normalized spacial score (nSPS) is 12.3. The largest absolute Gasteiger partial charge is 0.468 e. The van der Waals surface area contributed by atoms with Gasteiger partial charge in [0.1, 0.15) is 5.76 Å². The van der Waals surface area contributed by atoms with Crippen LogP contribution in [0.2, 0.25) is 0 Å². The van der Waals surface area contributed by atoms with Gasteiger partial charge in [-0.2, -0.15) is 0 Å². The monoisotopic (exact) mass is 317 g/mol. The molecule has 0 aliphatic carbocycles. The number of nitrogens with one attached hydrogen (secondary N) is 1. The van der Waals surface area contributed by atoms with Gasteiger partial charge in [0.2, 0.25) is 0 Å². The van der Waals surface area contributed by atoms with Crippen LogP contribution < -0.4 is 5.32 Å². The molecule has 1 aromatic heterocycles. The number of Topliss-reactive ketones (excluding diaryl/α,β-unsaturated/α-hetero) is 1. The topological polar surface area (TPSA) is 88.6 Å². The summed E-state index contributed by atoms with van der Waals surface area (Å²) in [4.78, 5) is 24.2. The Morgan fingerprint density at radius 3 is 2.52 bits per heavy atom. The van der Waals surface area contributed by atoms with Crippen molar-refractivity contribution < 1.29 is 14.1 Å². The van der Waals surface area contributed by atoms with Crippen LogP contribution in [-0.2, 0) is 0 Å². The molecule has 0 saturated heterocycles. The molecule has 1 N–H and O–H groups in total. The van der Waals surface area contributed by atoms with Crippen molar-refractivity contribution >= 4 is 11.5 Å². The molecular formula is C16H19N3O4. The van der Waals surface area contributed by atoms with Crippen molar-refractivity contribution in [3.05, 3.63) is 64.1 Å². The Kier molecular flexibility index (Phi) is 5.61. The van der Waals surface area contributed by atoms with E-state index >= 15 is 0 Å². The molecule has 2 aromatic rings. The Morgan fingerprint density at radius 1 is 1.30 bits per heavy atom. The number of likely N-dealkylation sites (N-methyl/N-ethyl adjacent to an activating group) is 1. The maximum Gasteiger partial charge on any atom is 0.269 e. The van der Waals surface area contributed by atoms with Gasteiger partial charge < -0.3 is 9.73 Å². The highest BCUT2D eigenvalue weighted by Gasteiger charge is 2.17. The molecule has 1 aromatic carbocycles. The average Bonchev–Trinajstić information content (AvgIpc) is 3.05. The smallest absolute Gasteiger partial charge is 0.269 e. The van der Waals surface area contributed by atoms with Gasteiger partial charge in [-0.3, -0.25) is 19.8 Å². The molecule has 0 amide bonds. The summed E-state index contributed by atoms with van der Waals surface area (Å²) < 4.78 is 5.40. The van der Waals surface area contributed by atoms with Crippen molar-refractivity contribution in [3.8, 4) is 0 Å². The lowest BCUT2D eigenvalue weighted by Crippen LogP contribution is -2.33. The van der Waals surface area contributed by atoms with Crippen molar-refractivity contribution in [2.45, 2.75) is 6.04 Å². The van der Waals surface area contributed by atoms with Crippen LogP contribution >= 0.6 is 0 Å². The molecule has 0 bridgehead atoms. The van der Waals surface area contributed by atoms with Gasteiger partial charge in [0.25, 0.3) is 5.69 Å². The minimum Gasteiger partial charge on any atom is -0.468 e. The molecule has 23 heavy (non-hydrogen) atoms. The van der Waals surface area contributed by atoms with Crippen molar-refractivity contribution in [2.24, 2.45) is 0 Å². The summed E-state index contributed by atoms with van der Waals surface area (Å²) in [6.07, 6.45) is 1.62. The SMILES string of the molecule is CN(C)C(CNCC(=O)c1ccc([N+](=O)[O-])cc1)c1ccco1. The zero-order valence-corrected chi connectivity index (χ0v) is 13.1. The van der Waals surface area contributed by atoms with Crippen molar-refractivity contribution in [1.29, 1.82) is 0 Å². The maximum absolute atomic E-state index is 12.1. The first-order chi connectivity index (χ1) is 11.0. The van der Waals surface area contributed by atoms with E-state index in [9.17, 15) is 14.9 Å². The summed E-state index contributed by atoms with van der Waals surface area (Å²) in [5.41, 5.74) is 0.419. The number of hydrogen-bond acceptors (Lipinski definition) is 6. The number of nitrogens with zero attached hydrogens (tertiary/aromatic N) is 2. The lowest BCUT2D eigenvalue weighted by Gasteiger charge is -2.22. The molecule has 1 heterocycles. The van der Waals surface area contributed by atoms with E-state index in [1.54, 1.807) is 6.26 Å². The number of ketones is 1.